The van der Waals surface area contributed by atoms with Crippen LogP contribution in [0.25, 0.3) is 0 Å². The second-order valence-corrected chi connectivity index (χ2v) is 5.69. The Morgan fingerprint density at radius 2 is 1.94 bits per heavy atom. The van der Waals surface area contributed by atoms with Crippen molar-refractivity contribution in [2.75, 3.05) is 25.5 Å². The van der Waals surface area contributed by atoms with Crippen LogP contribution in [0.3, 0.4) is 0 Å². The van der Waals surface area contributed by atoms with Crippen molar-refractivity contribution in [3.05, 3.63) is 28.8 Å². The second kappa shape index (κ2) is 4.34. The van der Waals surface area contributed by atoms with Gasteiger partial charge >= 0.3 is 0 Å². The zero-order valence-corrected chi connectivity index (χ0v) is 11.7. The highest BCUT2D eigenvalue weighted by Gasteiger charge is 2.30. The Morgan fingerprint density at radius 1 is 1.24 bits per heavy atom. The SMILES string of the molecule is Cc1cc(C2(C)CCCN2)cc(N(C)C)c1C. The van der Waals surface area contributed by atoms with Crippen LogP contribution in [-0.4, -0.2) is 20.6 Å². The van der Waals surface area contributed by atoms with Crippen molar-refractivity contribution in [3.63, 3.8) is 0 Å². The summed E-state index contributed by atoms with van der Waals surface area (Å²) >= 11 is 0. The van der Waals surface area contributed by atoms with Crippen LogP contribution in [0.4, 0.5) is 5.69 Å². The van der Waals surface area contributed by atoms with Crippen LogP contribution in [0.1, 0.15) is 36.5 Å². The molecule has 1 fully saturated rings. The van der Waals surface area contributed by atoms with E-state index in [2.05, 4.69) is 57.2 Å². The van der Waals surface area contributed by atoms with E-state index in [0.717, 1.165) is 6.54 Å². The van der Waals surface area contributed by atoms with Crippen molar-refractivity contribution in [2.24, 2.45) is 0 Å². The van der Waals surface area contributed by atoms with Gasteiger partial charge in [0, 0.05) is 25.3 Å². The van der Waals surface area contributed by atoms with Crippen LogP contribution in [0.5, 0.6) is 0 Å². The predicted octanol–water partition coefficient (Wildman–Crippen LogP) is 2.97. The molecule has 1 atom stereocenters. The van der Waals surface area contributed by atoms with Crippen molar-refractivity contribution in [3.8, 4) is 0 Å². The minimum absolute atomic E-state index is 0.170. The largest absolute Gasteiger partial charge is 0.377 e. The summed E-state index contributed by atoms with van der Waals surface area (Å²) in [5.41, 5.74) is 5.72. The van der Waals surface area contributed by atoms with Crippen LogP contribution in [0.2, 0.25) is 0 Å². The van der Waals surface area contributed by atoms with Gasteiger partial charge in [0.15, 0.2) is 0 Å². The molecule has 0 amide bonds. The van der Waals surface area contributed by atoms with Crippen molar-refractivity contribution >= 4 is 5.69 Å². The van der Waals surface area contributed by atoms with Gasteiger partial charge in [-0.3, -0.25) is 0 Å². The van der Waals surface area contributed by atoms with Crippen molar-refractivity contribution < 1.29 is 0 Å². The molecule has 0 aliphatic carbocycles. The highest BCUT2D eigenvalue weighted by Crippen LogP contribution is 2.34. The molecule has 1 saturated heterocycles. The number of rotatable bonds is 2. The molecule has 1 aromatic rings. The third-order valence-electron chi connectivity index (χ3n) is 4.13. The summed E-state index contributed by atoms with van der Waals surface area (Å²) in [5, 5.41) is 3.64. The molecular formula is C15H24N2. The van der Waals surface area contributed by atoms with Gasteiger partial charge in [0.1, 0.15) is 0 Å². The quantitative estimate of drug-likeness (QED) is 0.843. The lowest BCUT2D eigenvalue weighted by molar-refractivity contribution is 0.434. The Balaban J connectivity index is 2.49. The van der Waals surface area contributed by atoms with Gasteiger partial charge in [-0.25, -0.2) is 0 Å². The summed E-state index contributed by atoms with van der Waals surface area (Å²) in [4.78, 5) is 2.21. The number of benzene rings is 1. The lowest BCUT2D eigenvalue weighted by Gasteiger charge is -2.28. The van der Waals surface area contributed by atoms with Crippen LogP contribution in [0, 0.1) is 13.8 Å². The van der Waals surface area contributed by atoms with Gasteiger partial charge in [0.05, 0.1) is 0 Å². The summed E-state index contributed by atoms with van der Waals surface area (Å²) in [6, 6.07) is 4.70. The van der Waals surface area contributed by atoms with E-state index in [-0.39, 0.29) is 5.54 Å². The normalized spacial score (nSPS) is 24.1. The van der Waals surface area contributed by atoms with Crippen LogP contribution in [0.15, 0.2) is 12.1 Å². The zero-order chi connectivity index (χ0) is 12.6. The van der Waals surface area contributed by atoms with E-state index >= 15 is 0 Å². The molecule has 0 aromatic heterocycles. The minimum atomic E-state index is 0.170. The number of nitrogens with one attached hydrogen (secondary N) is 1. The molecule has 0 radical (unpaired) electrons. The highest BCUT2D eigenvalue weighted by molar-refractivity contribution is 5.58. The van der Waals surface area contributed by atoms with Crippen LogP contribution < -0.4 is 10.2 Å². The van der Waals surface area contributed by atoms with Gasteiger partial charge < -0.3 is 10.2 Å². The first-order chi connectivity index (χ1) is 7.94. The maximum absolute atomic E-state index is 3.64. The molecule has 2 nitrogen and oxygen atoms in total. The number of hydrogen-bond acceptors (Lipinski definition) is 2. The molecule has 94 valence electrons. The Labute approximate surface area is 105 Å². The third-order valence-corrected chi connectivity index (χ3v) is 4.13. The van der Waals surface area contributed by atoms with Crippen LogP contribution in [-0.2, 0) is 5.54 Å². The molecule has 1 aliphatic rings. The molecule has 17 heavy (non-hydrogen) atoms. The Bertz CT molecular complexity index is 415. The average Bonchev–Trinajstić information content (AvgIpc) is 2.69. The maximum atomic E-state index is 3.64. The van der Waals surface area contributed by atoms with Gasteiger partial charge in [-0.1, -0.05) is 6.07 Å². The fourth-order valence-corrected chi connectivity index (χ4v) is 2.76. The molecule has 0 bridgehead atoms. The molecular weight excluding hydrogens is 208 g/mol. The molecule has 0 saturated carbocycles. The standard InChI is InChI=1S/C15H24N2/c1-11-9-13(15(3)7-6-8-16-15)10-14(12(11)2)17(4)5/h9-10,16H,6-8H2,1-5H3. The van der Waals surface area contributed by atoms with E-state index in [1.807, 2.05) is 0 Å². The molecule has 1 aromatic carbocycles. The Hall–Kier alpha value is -1.02. The summed E-state index contributed by atoms with van der Waals surface area (Å²) in [5.74, 6) is 0. The van der Waals surface area contributed by atoms with Gasteiger partial charge in [0.25, 0.3) is 0 Å². The van der Waals surface area contributed by atoms with Crippen molar-refractivity contribution in [1.82, 2.24) is 5.32 Å². The highest BCUT2D eigenvalue weighted by atomic mass is 15.1. The van der Waals surface area contributed by atoms with E-state index in [4.69, 9.17) is 0 Å². The molecule has 1 unspecified atom stereocenters. The second-order valence-electron chi connectivity index (χ2n) is 5.69. The minimum Gasteiger partial charge on any atom is -0.377 e. The summed E-state index contributed by atoms with van der Waals surface area (Å²) in [6.45, 7) is 7.88. The van der Waals surface area contributed by atoms with E-state index in [0.29, 0.717) is 0 Å². The zero-order valence-electron chi connectivity index (χ0n) is 11.7. The number of hydrogen-bond donors (Lipinski definition) is 1. The number of aryl methyl sites for hydroxylation is 1. The third kappa shape index (κ3) is 2.19. The van der Waals surface area contributed by atoms with Gasteiger partial charge in [-0.2, -0.15) is 0 Å². The summed E-state index contributed by atoms with van der Waals surface area (Å²) in [7, 11) is 4.24. The first-order valence-corrected chi connectivity index (χ1v) is 6.48. The lowest BCUT2D eigenvalue weighted by Crippen LogP contribution is -2.33. The Morgan fingerprint density at radius 3 is 2.47 bits per heavy atom. The maximum Gasteiger partial charge on any atom is 0.0407 e. The van der Waals surface area contributed by atoms with E-state index < -0.39 is 0 Å². The first-order valence-electron chi connectivity index (χ1n) is 6.48. The topological polar surface area (TPSA) is 15.3 Å². The summed E-state index contributed by atoms with van der Waals surface area (Å²) < 4.78 is 0. The summed E-state index contributed by atoms with van der Waals surface area (Å²) in [6.07, 6.45) is 2.52. The lowest BCUT2D eigenvalue weighted by atomic mass is 9.87. The van der Waals surface area contributed by atoms with Crippen LogP contribution >= 0.6 is 0 Å². The number of nitrogens with zero attached hydrogens (tertiary/aromatic N) is 1. The molecule has 1 N–H and O–H groups in total. The van der Waals surface area contributed by atoms with Crippen molar-refractivity contribution in [1.29, 1.82) is 0 Å². The van der Waals surface area contributed by atoms with Gasteiger partial charge in [0.2, 0.25) is 0 Å². The molecule has 1 aliphatic heterocycles. The van der Waals surface area contributed by atoms with Gasteiger partial charge in [-0.15, -0.1) is 0 Å². The molecule has 2 rings (SSSR count). The predicted molar refractivity (Wildman–Crippen MR) is 74.8 cm³/mol. The average molecular weight is 232 g/mol. The molecule has 1 heterocycles. The monoisotopic (exact) mass is 232 g/mol. The smallest absolute Gasteiger partial charge is 0.0407 e. The first kappa shape index (κ1) is 12.4. The Kier molecular flexibility index (Phi) is 3.17. The number of anilines is 1. The van der Waals surface area contributed by atoms with E-state index in [9.17, 15) is 0 Å². The van der Waals surface area contributed by atoms with Gasteiger partial charge in [-0.05, 0) is 62.9 Å². The molecule has 2 heteroatoms. The van der Waals surface area contributed by atoms with E-state index in [1.54, 1.807) is 0 Å². The van der Waals surface area contributed by atoms with Crippen molar-refractivity contribution in [2.45, 2.75) is 39.2 Å². The fourth-order valence-electron chi connectivity index (χ4n) is 2.76. The van der Waals surface area contributed by atoms with E-state index in [1.165, 1.54) is 35.2 Å². The fraction of sp³-hybridized carbons (Fsp3) is 0.600. The molecule has 0 spiro atoms.